The van der Waals surface area contributed by atoms with E-state index >= 15 is 0 Å². The van der Waals surface area contributed by atoms with Crippen LogP contribution >= 0.6 is 23.1 Å². The average molecular weight is 364 g/mol. The van der Waals surface area contributed by atoms with Crippen molar-refractivity contribution in [1.29, 1.82) is 0 Å². The van der Waals surface area contributed by atoms with Crippen LogP contribution in [0.25, 0.3) is 0 Å². The lowest BCUT2D eigenvalue weighted by molar-refractivity contribution is -0.119. The molecule has 0 bridgehead atoms. The summed E-state index contributed by atoms with van der Waals surface area (Å²) < 4.78 is 6.26. The number of ether oxygens (including phenoxy) is 1. The van der Waals surface area contributed by atoms with Gasteiger partial charge in [-0.15, -0.1) is 10.2 Å². The molecule has 0 saturated carbocycles. The van der Waals surface area contributed by atoms with Gasteiger partial charge in [-0.2, -0.15) is 0 Å². The Kier molecular flexibility index (Phi) is 6.06. The van der Waals surface area contributed by atoms with Crippen LogP contribution in [0.2, 0.25) is 0 Å². The third-order valence-electron chi connectivity index (χ3n) is 3.67. The number of para-hydroxylation sites is 1. The second-order valence-electron chi connectivity index (χ2n) is 5.54. The third kappa shape index (κ3) is 4.93. The second kappa shape index (κ2) is 8.46. The zero-order valence-electron chi connectivity index (χ0n) is 13.4. The number of aromatic nitrogens is 2. The summed E-state index contributed by atoms with van der Waals surface area (Å²) in [6.07, 6.45) is 2.28. The highest BCUT2D eigenvalue weighted by Gasteiger charge is 2.16. The molecule has 1 aromatic carbocycles. The summed E-state index contributed by atoms with van der Waals surface area (Å²) in [4.78, 5) is 11.9. The molecule has 0 aliphatic carbocycles. The molecule has 6 nitrogen and oxygen atoms in total. The van der Waals surface area contributed by atoms with E-state index in [1.165, 1.54) is 23.1 Å². The molecule has 0 unspecified atom stereocenters. The number of carbonyl (C=O) groups excluding carboxylic acids is 1. The van der Waals surface area contributed by atoms with Crippen LogP contribution in [0.1, 0.15) is 18.4 Å². The monoisotopic (exact) mass is 364 g/mol. The molecule has 1 amide bonds. The molecule has 1 aliphatic rings. The van der Waals surface area contributed by atoms with E-state index in [4.69, 9.17) is 4.74 Å². The highest BCUT2D eigenvalue weighted by Crippen LogP contribution is 2.28. The molecule has 2 N–H and O–H groups in total. The zero-order valence-corrected chi connectivity index (χ0v) is 15.1. The number of benzene rings is 1. The standard InChI is InChI=1S/C16H20N4O2S2/c1-11-5-2-3-7-13(11)18-15-19-20-16(24-15)23-10-14(21)17-9-12-6-4-8-22-12/h2-3,5,7,12H,4,6,8-10H2,1H3,(H,17,21)(H,18,19)/t12-/m1/s1. The molecule has 1 atom stereocenters. The molecule has 1 fully saturated rings. The molecule has 128 valence electrons. The van der Waals surface area contributed by atoms with Gasteiger partial charge in [-0.3, -0.25) is 4.79 Å². The van der Waals surface area contributed by atoms with Gasteiger partial charge in [-0.25, -0.2) is 0 Å². The Morgan fingerprint density at radius 1 is 1.42 bits per heavy atom. The first-order valence-electron chi connectivity index (χ1n) is 7.88. The number of anilines is 2. The van der Waals surface area contributed by atoms with Crippen LogP contribution in [0.15, 0.2) is 28.6 Å². The Balaban J connectivity index is 1.44. The van der Waals surface area contributed by atoms with Crippen LogP contribution in [-0.4, -0.2) is 41.1 Å². The molecule has 2 heterocycles. The largest absolute Gasteiger partial charge is 0.376 e. The summed E-state index contributed by atoms with van der Waals surface area (Å²) in [5.41, 5.74) is 2.16. The molecule has 2 aromatic rings. The van der Waals surface area contributed by atoms with Gasteiger partial charge in [0.05, 0.1) is 11.9 Å². The summed E-state index contributed by atoms with van der Waals surface area (Å²) in [6, 6.07) is 8.01. The number of carbonyl (C=O) groups is 1. The molecule has 3 rings (SSSR count). The zero-order chi connectivity index (χ0) is 16.8. The number of hydrogen-bond acceptors (Lipinski definition) is 7. The van der Waals surface area contributed by atoms with E-state index < -0.39 is 0 Å². The van der Waals surface area contributed by atoms with E-state index in [2.05, 4.69) is 20.8 Å². The van der Waals surface area contributed by atoms with Crippen LogP contribution in [0.3, 0.4) is 0 Å². The maximum atomic E-state index is 11.9. The van der Waals surface area contributed by atoms with Crippen molar-refractivity contribution in [2.24, 2.45) is 0 Å². The predicted octanol–water partition coefficient (Wildman–Crippen LogP) is 2.98. The first kappa shape index (κ1) is 17.2. The summed E-state index contributed by atoms with van der Waals surface area (Å²) in [6.45, 7) is 3.43. The van der Waals surface area contributed by atoms with Gasteiger partial charge < -0.3 is 15.4 Å². The Bertz CT molecular complexity index is 686. The third-order valence-corrected chi connectivity index (χ3v) is 5.64. The number of nitrogens with one attached hydrogen (secondary N) is 2. The van der Waals surface area contributed by atoms with E-state index in [1.54, 1.807) is 0 Å². The van der Waals surface area contributed by atoms with Gasteiger partial charge >= 0.3 is 0 Å². The molecule has 1 aromatic heterocycles. The number of amides is 1. The van der Waals surface area contributed by atoms with E-state index in [9.17, 15) is 4.79 Å². The summed E-state index contributed by atoms with van der Waals surface area (Å²) in [5.74, 6) is 0.338. The van der Waals surface area contributed by atoms with Crippen LogP contribution < -0.4 is 10.6 Å². The van der Waals surface area contributed by atoms with Crippen molar-refractivity contribution in [1.82, 2.24) is 15.5 Å². The maximum absolute atomic E-state index is 11.9. The first-order chi connectivity index (χ1) is 11.7. The fourth-order valence-electron chi connectivity index (χ4n) is 2.36. The lowest BCUT2D eigenvalue weighted by Crippen LogP contribution is -2.32. The van der Waals surface area contributed by atoms with Crippen LogP contribution in [-0.2, 0) is 9.53 Å². The highest BCUT2D eigenvalue weighted by molar-refractivity contribution is 8.01. The maximum Gasteiger partial charge on any atom is 0.230 e. The smallest absolute Gasteiger partial charge is 0.230 e. The molecule has 24 heavy (non-hydrogen) atoms. The van der Waals surface area contributed by atoms with Gasteiger partial charge in [-0.05, 0) is 31.4 Å². The fourth-order valence-corrected chi connectivity index (χ4v) is 3.95. The lowest BCUT2D eigenvalue weighted by atomic mass is 10.2. The number of nitrogens with zero attached hydrogens (tertiary/aromatic N) is 2. The van der Waals surface area contributed by atoms with Crippen molar-refractivity contribution < 1.29 is 9.53 Å². The van der Waals surface area contributed by atoms with Crippen molar-refractivity contribution >= 4 is 39.8 Å². The molecule has 1 saturated heterocycles. The van der Waals surface area contributed by atoms with Gasteiger partial charge in [0.2, 0.25) is 11.0 Å². The normalized spacial score (nSPS) is 17.0. The quantitative estimate of drug-likeness (QED) is 0.736. The summed E-state index contributed by atoms with van der Waals surface area (Å²) in [5, 5.41) is 15.1. The predicted molar refractivity (Wildman–Crippen MR) is 97.1 cm³/mol. The van der Waals surface area contributed by atoms with E-state index in [0.29, 0.717) is 12.3 Å². The minimum Gasteiger partial charge on any atom is -0.376 e. The van der Waals surface area contributed by atoms with Crippen molar-refractivity contribution in [3.63, 3.8) is 0 Å². The van der Waals surface area contributed by atoms with E-state index in [-0.39, 0.29) is 12.0 Å². The molecule has 1 aliphatic heterocycles. The van der Waals surface area contributed by atoms with Gasteiger partial charge in [0.15, 0.2) is 4.34 Å². The Morgan fingerprint density at radius 3 is 3.08 bits per heavy atom. The van der Waals surface area contributed by atoms with Crippen molar-refractivity contribution in [2.75, 3.05) is 24.2 Å². The number of hydrogen-bond donors (Lipinski definition) is 2. The van der Waals surface area contributed by atoms with Gasteiger partial charge in [0.1, 0.15) is 0 Å². The topological polar surface area (TPSA) is 76.1 Å². The average Bonchev–Trinajstić information content (AvgIpc) is 3.25. The second-order valence-corrected chi connectivity index (χ2v) is 7.74. The van der Waals surface area contributed by atoms with Crippen LogP contribution in [0.4, 0.5) is 10.8 Å². The number of rotatable bonds is 7. The molecule has 0 spiro atoms. The molecular weight excluding hydrogens is 344 g/mol. The Morgan fingerprint density at radius 2 is 2.29 bits per heavy atom. The van der Waals surface area contributed by atoms with Gasteiger partial charge in [-0.1, -0.05) is 41.3 Å². The van der Waals surface area contributed by atoms with Crippen LogP contribution in [0.5, 0.6) is 0 Å². The fraction of sp³-hybridized carbons (Fsp3) is 0.438. The van der Waals surface area contributed by atoms with E-state index in [1.807, 2.05) is 31.2 Å². The summed E-state index contributed by atoms with van der Waals surface area (Å²) >= 11 is 2.85. The minimum atomic E-state index is -0.000821. The highest BCUT2D eigenvalue weighted by atomic mass is 32.2. The Hall–Kier alpha value is -1.64. The molecule has 0 radical (unpaired) electrons. The minimum absolute atomic E-state index is 0.000821. The van der Waals surface area contributed by atoms with Gasteiger partial charge in [0, 0.05) is 18.8 Å². The molecular formula is C16H20N4O2S2. The number of thioether (sulfide) groups is 1. The van der Waals surface area contributed by atoms with E-state index in [0.717, 1.165) is 40.2 Å². The first-order valence-corrected chi connectivity index (χ1v) is 9.68. The van der Waals surface area contributed by atoms with Crippen molar-refractivity contribution in [3.8, 4) is 0 Å². The SMILES string of the molecule is Cc1ccccc1Nc1nnc(SCC(=O)NC[C@H]2CCCO2)s1. The van der Waals surface area contributed by atoms with Crippen molar-refractivity contribution in [2.45, 2.75) is 30.2 Å². The van der Waals surface area contributed by atoms with Crippen LogP contribution in [0, 0.1) is 6.92 Å². The lowest BCUT2D eigenvalue weighted by Gasteiger charge is -2.09. The molecule has 8 heteroatoms. The number of aryl methyl sites for hydroxylation is 1. The Labute approximate surface area is 149 Å². The van der Waals surface area contributed by atoms with Crippen molar-refractivity contribution in [3.05, 3.63) is 29.8 Å². The van der Waals surface area contributed by atoms with Gasteiger partial charge in [0.25, 0.3) is 0 Å². The summed E-state index contributed by atoms with van der Waals surface area (Å²) in [7, 11) is 0.